The molecule has 23 heavy (non-hydrogen) atoms. The fourth-order valence-corrected chi connectivity index (χ4v) is 3.92. The third-order valence-corrected chi connectivity index (χ3v) is 6.31. The van der Waals surface area contributed by atoms with Crippen molar-refractivity contribution < 1.29 is 22.3 Å². The van der Waals surface area contributed by atoms with Crippen molar-refractivity contribution in [3.8, 4) is 0 Å². The Morgan fingerprint density at radius 3 is 2.61 bits per heavy atom. The van der Waals surface area contributed by atoms with E-state index in [-0.39, 0.29) is 18.3 Å². The molecule has 128 valence electrons. The van der Waals surface area contributed by atoms with Crippen LogP contribution in [0, 0.1) is 11.7 Å². The minimum Gasteiger partial charge on any atom is -0.460 e. The number of esters is 1. The first-order chi connectivity index (χ1) is 10.8. The van der Waals surface area contributed by atoms with Gasteiger partial charge in [0.15, 0.2) is 0 Å². The van der Waals surface area contributed by atoms with Gasteiger partial charge >= 0.3 is 5.97 Å². The highest BCUT2D eigenvalue weighted by molar-refractivity contribution is 9.10. The number of halogens is 2. The number of sulfonamides is 1. The van der Waals surface area contributed by atoms with Gasteiger partial charge in [0.25, 0.3) is 0 Å². The van der Waals surface area contributed by atoms with Gasteiger partial charge < -0.3 is 4.74 Å². The lowest BCUT2D eigenvalue weighted by Gasteiger charge is -2.29. The van der Waals surface area contributed by atoms with Gasteiger partial charge in [-0.25, -0.2) is 17.1 Å². The van der Waals surface area contributed by atoms with Crippen LogP contribution in [0.4, 0.5) is 4.39 Å². The minimum atomic E-state index is -3.21. The second-order valence-corrected chi connectivity index (χ2v) is 8.59. The summed E-state index contributed by atoms with van der Waals surface area (Å²) in [5.74, 6) is -1.11. The van der Waals surface area contributed by atoms with Crippen molar-refractivity contribution in [2.75, 3.05) is 18.8 Å². The van der Waals surface area contributed by atoms with E-state index in [1.54, 1.807) is 19.1 Å². The van der Waals surface area contributed by atoms with Gasteiger partial charge in [-0.3, -0.25) is 4.79 Å². The van der Waals surface area contributed by atoms with Crippen LogP contribution in [0.3, 0.4) is 0 Å². The first-order valence-electron chi connectivity index (χ1n) is 7.42. The predicted molar refractivity (Wildman–Crippen MR) is 87.7 cm³/mol. The summed E-state index contributed by atoms with van der Waals surface area (Å²) in [6, 6.07) is 4.56. The molecule has 0 bridgehead atoms. The monoisotopic (exact) mass is 407 g/mol. The van der Waals surface area contributed by atoms with Crippen molar-refractivity contribution >= 4 is 31.9 Å². The van der Waals surface area contributed by atoms with Gasteiger partial charge in [0.1, 0.15) is 12.4 Å². The molecule has 0 aliphatic carbocycles. The lowest BCUT2D eigenvalue weighted by Crippen LogP contribution is -2.41. The zero-order valence-electron chi connectivity index (χ0n) is 12.8. The van der Waals surface area contributed by atoms with Crippen molar-refractivity contribution in [1.82, 2.24) is 4.31 Å². The molecule has 0 spiro atoms. The summed E-state index contributed by atoms with van der Waals surface area (Å²) in [5, 5.41) is 0. The SMILES string of the molecule is CCS(=O)(=O)N1CCC(C(=O)OCc2ccc(Br)cc2F)CC1. The third-order valence-electron chi connectivity index (χ3n) is 3.93. The predicted octanol–water partition coefficient (Wildman–Crippen LogP) is 2.69. The van der Waals surface area contributed by atoms with E-state index in [0.717, 1.165) is 0 Å². The molecule has 1 aliphatic rings. The van der Waals surface area contributed by atoms with Crippen molar-refractivity contribution in [3.63, 3.8) is 0 Å². The maximum atomic E-state index is 13.7. The number of piperidine rings is 1. The molecule has 0 atom stereocenters. The fraction of sp³-hybridized carbons (Fsp3) is 0.533. The smallest absolute Gasteiger partial charge is 0.309 e. The minimum absolute atomic E-state index is 0.0605. The largest absolute Gasteiger partial charge is 0.460 e. The third kappa shape index (κ3) is 4.74. The zero-order chi connectivity index (χ0) is 17.0. The van der Waals surface area contributed by atoms with E-state index in [4.69, 9.17) is 4.74 Å². The molecule has 1 heterocycles. The lowest BCUT2D eigenvalue weighted by molar-refractivity contribution is -0.151. The Labute approximate surface area is 144 Å². The summed E-state index contributed by atoms with van der Waals surface area (Å²) in [6.45, 7) is 2.12. The van der Waals surface area contributed by atoms with Gasteiger partial charge in [0, 0.05) is 23.1 Å². The maximum Gasteiger partial charge on any atom is 0.309 e. The van der Waals surface area contributed by atoms with Crippen LogP contribution < -0.4 is 0 Å². The lowest BCUT2D eigenvalue weighted by atomic mass is 9.98. The Morgan fingerprint density at radius 2 is 2.04 bits per heavy atom. The Bertz CT molecular complexity index is 672. The normalized spacial score (nSPS) is 17.2. The summed E-state index contributed by atoms with van der Waals surface area (Å²) < 4.78 is 44.4. The molecule has 0 saturated carbocycles. The average Bonchev–Trinajstić information content (AvgIpc) is 2.54. The van der Waals surface area contributed by atoms with Crippen LogP contribution in [-0.4, -0.2) is 37.5 Å². The summed E-state index contributed by atoms with van der Waals surface area (Å²) in [6.07, 6.45) is 0.863. The highest BCUT2D eigenvalue weighted by Crippen LogP contribution is 2.22. The van der Waals surface area contributed by atoms with Crippen molar-refractivity contribution in [3.05, 3.63) is 34.1 Å². The number of rotatable bonds is 5. The van der Waals surface area contributed by atoms with Gasteiger partial charge in [0.05, 0.1) is 11.7 Å². The molecule has 0 aromatic heterocycles. The Hall–Kier alpha value is -0.990. The highest BCUT2D eigenvalue weighted by Gasteiger charge is 2.31. The number of hydrogen-bond acceptors (Lipinski definition) is 4. The maximum absolute atomic E-state index is 13.7. The van der Waals surface area contributed by atoms with Crippen molar-refractivity contribution in [1.29, 1.82) is 0 Å². The fourth-order valence-electron chi connectivity index (χ4n) is 2.46. The Balaban J connectivity index is 1.86. The van der Waals surface area contributed by atoms with Gasteiger partial charge in [-0.1, -0.05) is 22.0 Å². The van der Waals surface area contributed by atoms with Crippen LogP contribution in [0.15, 0.2) is 22.7 Å². The van der Waals surface area contributed by atoms with Crippen LogP contribution in [0.2, 0.25) is 0 Å². The van der Waals surface area contributed by atoms with Crippen LogP contribution >= 0.6 is 15.9 Å². The molecule has 1 fully saturated rings. The number of carbonyl (C=O) groups excluding carboxylic acids is 1. The molecule has 0 radical (unpaired) electrons. The van der Waals surface area contributed by atoms with E-state index in [2.05, 4.69) is 15.9 Å². The van der Waals surface area contributed by atoms with Crippen LogP contribution in [0.1, 0.15) is 25.3 Å². The molecule has 0 N–H and O–H groups in total. The second-order valence-electron chi connectivity index (χ2n) is 5.42. The highest BCUT2D eigenvalue weighted by atomic mass is 79.9. The van der Waals surface area contributed by atoms with Gasteiger partial charge in [0.2, 0.25) is 10.0 Å². The number of carbonyl (C=O) groups is 1. The van der Waals surface area contributed by atoms with E-state index >= 15 is 0 Å². The summed E-state index contributed by atoms with van der Waals surface area (Å²) in [5.41, 5.74) is 0.313. The number of nitrogens with zero attached hydrogens (tertiary/aromatic N) is 1. The van der Waals surface area contributed by atoms with Gasteiger partial charge in [-0.05, 0) is 31.9 Å². The topological polar surface area (TPSA) is 63.7 Å². The molecular formula is C15H19BrFNO4S. The number of benzene rings is 1. The van der Waals surface area contributed by atoms with Crippen LogP contribution in [0.5, 0.6) is 0 Å². The molecule has 1 aliphatic heterocycles. The standard InChI is InChI=1S/C15H19BrFNO4S/c1-2-23(20,21)18-7-5-11(6-8-18)15(19)22-10-12-3-4-13(16)9-14(12)17/h3-4,9,11H,2,5-8,10H2,1H3. The van der Waals surface area contributed by atoms with E-state index in [1.165, 1.54) is 10.4 Å². The first-order valence-corrected chi connectivity index (χ1v) is 9.82. The van der Waals surface area contributed by atoms with Gasteiger partial charge in [-0.2, -0.15) is 0 Å². The Morgan fingerprint density at radius 1 is 1.39 bits per heavy atom. The van der Waals surface area contributed by atoms with Crippen molar-refractivity contribution in [2.45, 2.75) is 26.4 Å². The average molecular weight is 408 g/mol. The van der Waals surface area contributed by atoms with Crippen LogP contribution in [-0.2, 0) is 26.2 Å². The summed E-state index contributed by atoms with van der Waals surface area (Å²) >= 11 is 3.16. The first kappa shape index (κ1) is 18.4. The van der Waals surface area contributed by atoms with E-state index in [9.17, 15) is 17.6 Å². The van der Waals surface area contributed by atoms with Crippen LogP contribution in [0.25, 0.3) is 0 Å². The molecule has 5 nitrogen and oxygen atoms in total. The summed E-state index contributed by atoms with van der Waals surface area (Å²) in [7, 11) is -3.21. The summed E-state index contributed by atoms with van der Waals surface area (Å²) in [4.78, 5) is 12.1. The van der Waals surface area contributed by atoms with Gasteiger partial charge in [-0.15, -0.1) is 0 Å². The molecule has 0 unspecified atom stereocenters. The van der Waals surface area contributed by atoms with E-state index in [1.807, 2.05) is 0 Å². The molecule has 2 rings (SSSR count). The Kier molecular flexibility index (Phi) is 6.16. The quantitative estimate of drug-likeness (QED) is 0.703. The zero-order valence-corrected chi connectivity index (χ0v) is 15.2. The van der Waals surface area contributed by atoms with Crippen molar-refractivity contribution in [2.24, 2.45) is 5.92 Å². The number of hydrogen-bond donors (Lipinski definition) is 0. The van der Waals surface area contributed by atoms with E-state index < -0.39 is 21.8 Å². The molecular weight excluding hydrogens is 389 g/mol. The molecule has 8 heteroatoms. The number of ether oxygens (including phenoxy) is 1. The van der Waals surface area contributed by atoms with E-state index in [0.29, 0.717) is 36.0 Å². The molecule has 1 aromatic carbocycles. The molecule has 1 saturated heterocycles. The second kappa shape index (κ2) is 7.72. The molecule has 0 amide bonds. The molecule has 1 aromatic rings.